The second kappa shape index (κ2) is 9.24. The van der Waals surface area contributed by atoms with Crippen LogP contribution in [0.2, 0.25) is 0 Å². The van der Waals surface area contributed by atoms with Crippen molar-refractivity contribution in [3.63, 3.8) is 0 Å². The molecule has 0 amide bonds. The second-order valence-corrected chi connectivity index (χ2v) is 8.01. The molecule has 2 atom stereocenters. The van der Waals surface area contributed by atoms with Gasteiger partial charge >= 0.3 is 0 Å². The summed E-state index contributed by atoms with van der Waals surface area (Å²) in [5, 5.41) is 20.3. The molecule has 158 valence electrons. The molecule has 2 aromatic carbocycles. The molecular formula is C25H26F2O3. The molecule has 5 heteroatoms. The average Bonchev–Trinajstić information content (AvgIpc) is 2.69. The smallest absolute Gasteiger partial charge is 0.174 e. The fourth-order valence-corrected chi connectivity index (χ4v) is 4.11. The van der Waals surface area contributed by atoms with Gasteiger partial charge in [-0.15, -0.1) is 0 Å². The number of ketones is 1. The summed E-state index contributed by atoms with van der Waals surface area (Å²) < 4.78 is 28.6. The molecule has 0 aromatic heterocycles. The van der Waals surface area contributed by atoms with Crippen molar-refractivity contribution in [2.24, 2.45) is 5.92 Å². The van der Waals surface area contributed by atoms with Crippen LogP contribution in [0.1, 0.15) is 61.4 Å². The molecule has 1 aliphatic carbocycles. The zero-order valence-electron chi connectivity index (χ0n) is 17.2. The lowest BCUT2D eigenvalue weighted by Crippen LogP contribution is -2.26. The van der Waals surface area contributed by atoms with Crippen molar-refractivity contribution >= 4 is 5.78 Å². The van der Waals surface area contributed by atoms with Crippen LogP contribution in [-0.4, -0.2) is 16.0 Å². The normalized spacial score (nSPS) is 18.6. The lowest BCUT2D eigenvalue weighted by atomic mass is 9.71. The predicted octanol–water partition coefficient (Wildman–Crippen LogP) is 6.43. The number of aromatic hydroxyl groups is 2. The Kier molecular flexibility index (Phi) is 6.70. The molecule has 0 spiro atoms. The molecule has 0 heterocycles. The Morgan fingerprint density at radius 1 is 1.10 bits per heavy atom. The van der Waals surface area contributed by atoms with Gasteiger partial charge in [0.25, 0.3) is 0 Å². The SMILES string of the molecule is CC(C)=CCCC1=CC[C@H](C(=O)c2c(O)cccc2O)[C@@H](c2cccc(F)c2F)C1. The molecule has 0 aliphatic heterocycles. The molecule has 1 aliphatic rings. The number of halogens is 2. The first-order valence-corrected chi connectivity index (χ1v) is 10.1. The first-order chi connectivity index (χ1) is 14.3. The second-order valence-electron chi connectivity index (χ2n) is 8.01. The van der Waals surface area contributed by atoms with Gasteiger partial charge in [0.15, 0.2) is 17.4 Å². The van der Waals surface area contributed by atoms with Crippen molar-refractivity contribution in [2.45, 2.75) is 45.4 Å². The molecule has 3 rings (SSSR count). The number of hydrogen-bond acceptors (Lipinski definition) is 3. The highest BCUT2D eigenvalue weighted by molar-refractivity contribution is 6.03. The third kappa shape index (κ3) is 4.61. The molecule has 0 saturated carbocycles. The fraction of sp³-hybridized carbons (Fsp3) is 0.320. The fourth-order valence-electron chi connectivity index (χ4n) is 4.11. The summed E-state index contributed by atoms with van der Waals surface area (Å²) in [6.07, 6.45) is 6.47. The number of rotatable bonds is 6. The van der Waals surface area contributed by atoms with E-state index in [1.165, 1.54) is 35.9 Å². The van der Waals surface area contributed by atoms with Gasteiger partial charge in [-0.25, -0.2) is 8.78 Å². The first-order valence-electron chi connectivity index (χ1n) is 10.1. The van der Waals surface area contributed by atoms with Crippen molar-refractivity contribution < 1.29 is 23.8 Å². The topological polar surface area (TPSA) is 57.5 Å². The van der Waals surface area contributed by atoms with Crippen LogP contribution in [0.25, 0.3) is 0 Å². The van der Waals surface area contributed by atoms with E-state index in [9.17, 15) is 23.8 Å². The van der Waals surface area contributed by atoms with Crippen LogP contribution >= 0.6 is 0 Å². The Morgan fingerprint density at radius 3 is 2.43 bits per heavy atom. The highest BCUT2D eigenvalue weighted by Gasteiger charge is 2.36. The van der Waals surface area contributed by atoms with Gasteiger partial charge in [-0.1, -0.05) is 41.5 Å². The lowest BCUT2D eigenvalue weighted by molar-refractivity contribution is 0.0888. The standard InChI is InChI=1S/C25H26F2O3/c1-15(2)6-3-7-16-12-13-18(25(30)23-21(28)10-5-11-22(23)29)19(14-16)17-8-4-9-20(26)24(17)27/h4-6,8-12,18-19,28-29H,3,7,13-14H2,1-2H3/t18-,19+/m0/s1. The summed E-state index contributed by atoms with van der Waals surface area (Å²) in [6.45, 7) is 4.04. The summed E-state index contributed by atoms with van der Waals surface area (Å²) >= 11 is 0. The summed E-state index contributed by atoms with van der Waals surface area (Å²) in [5.41, 5.74) is 2.27. The van der Waals surface area contributed by atoms with Crippen molar-refractivity contribution in [3.05, 3.63) is 82.5 Å². The number of phenolic OH excluding ortho intramolecular Hbond substituents is 2. The van der Waals surface area contributed by atoms with Crippen molar-refractivity contribution in [2.75, 3.05) is 0 Å². The minimum atomic E-state index is -0.954. The van der Waals surface area contributed by atoms with E-state index in [0.29, 0.717) is 12.8 Å². The van der Waals surface area contributed by atoms with Crippen LogP contribution in [0.5, 0.6) is 11.5 Å². The maximum atomic E-state index is 14.7. The van der Waals surface area contributed by atoms with E-state index in [2.05, 4.69) is 6.08 Å². The molecule has 0 bridgehead atoms. The largest absolute Gasteiger partial charge is 0.507 e. The van der Waals surface area contributed by atoms with Crippen LogP contribution in [-0.2, 0) is 0 Å². The number of benzene rings is 2. The molecule has 0 fully saturated rings. The summed E-state index contributed by atoms with van der Waals surface area (Å²) in [5.74, 6) is -4.32. The van der Waals surface area contributed by atoms with E-state index in [4.69, 9.17) is 0 Å². The van der Waals surface area contributed by atoms with E-state index in [0.717, 1.165) is 24.5 Å². The molecule has 2 aromatic rings. The molecule has 2 N–H and O–H groups in total. The highest BCUT2D eigenvalue weighted by atomic mass is 19.2. The number of carbonyl (C=O) groups is 1. The monoisotopic (exact) mass is 412 g/mol. The Morgan fingerprint density at radius 2 is 1.77 bits per heavy atom. The Bertz CT molecular complexity index is 983. The van der Waals surface area contributed by atoms with Gasteiger partial charge in [-0.3, -0.25) is 4.79 Å². The summed E-state index contributed by atoms with van der Waals surface area (Å²) in [6, 6.07) is 8.09. The average molecular weight is 412 g/mol. The third-order valence-electron chi connectivity index (χ3n) is 5.63. The molecule has 30 heavy (non-hydrogen) atoms. The number of Topliss-reactive ketones (excluding diaryl/α,β-unsaturated/α-hetero) is 1. The molecule has 0 unspecified atom stereocenters. The van der Waals surface area contributed by atoms with Gasteiger partial charge < -0.3 is 10.2 Å². The number of allylic oxidation sites excluding steroid dienone is 4. The Labute approximate surface area is 175 Å². The third-order valence-corrected chi connectivity index (χ3v) is 5.63. The number of hydrogen-bond donors (Lipinski definition) is 2. The molecule has 3 nitrogen and oxygen atoms in total. The van der Waals surface area contributed by atoms with E-state index < -0.39 is 29.3 Å². The maximum absolute atomic E-state index is 14.7. The quantitative estimate of drug-likeness (QED) is 0.425. The Balaban J connectivity index is 1.99. The van der Waals surface area contributed by atoms with E-state index in [1.807, 2.05) is 19.9 Å². The molecule has 0 radical (unpaired) electrons. The zero-order valence-corrected chi connectivity index (χ0v) is 17.2. The van der Waals surface area contributed by atoms with Crippen molar-refractivity contribution in [1.82, 2.24) is 0 Å². The van der Waals surface area contributed by atoms with Crippen LogP contribution < -0.4 is 0 Å². The van der Waals surface area contributed by atoms with Crippen LogP contribution in [0.15, 0.2) is 59.7 Å². The van der Waals surface area contributed by atoms with Gasteiger partial charge in [-0.2, -0.15) is 0 Å². The van der Waals surface area contributed by atoms with Crippen molar-refractivity contribution in [3.8, 4) is 11.5 Å². The predicted molar refractivity (Wildman–Crippen MR) is 113 cm³/mol. The first kappa shape index (κ1) is 21.8. The van der Waals surface area contributed by atoms with Gasteiger partial charge in [-0.05, 0) is 63.3 Å². The van der Waals surface area contributed by atoms with Gasteiger partial charge in [0.2, 0.25) is 0 Å². The highest BCUT2D eigenvalue weighted by Crippen LogP contribution is 2.43. The number of phenols is 2. The van der Waals surface area contributed by atoms with Crippen LogP contribution in [0.3, 0.4) is 0 Å². The van der Waals surface area contributed by atoms with E-state index in [1.54, 1.807) is 0 Å². The molecular weight excluding hydrogens is 386 g/mol. The van der Waals surface area contributed by atoms with E-state index >= 15 is 0 Å². The van der Waals surface area contributed by atoms with Crippen LogP contribution in [0.4, 0.5) is 8.78 Å². The van der Waals surface area contributed by atoms with E-state index in [-0.39, 0.29) is 22.6 Å². The minimum absolute atomic E-state index is 0.149. The van der Waals surface area contributed by atoms with Crippen LogP contribution in [0, 0.1) is 17.6 Å². The summed E-state index contributed by atoms with van der Waals surface area (Å²) in [7, 11) is 0. The summed E-state index contributed by atoms with van der Waals surface area (Å²) in [4.78, 5) is 13.3. The molecule has 0 saturated heterocycles. The van der Waals surface area contributed by atoms with Gasteiger partial charge in [0, 0.05) is 11.8 Å². The van der Waals surface area contributed by atoms with Gasteiger partial charge in [0.1, 0.15) is 17.1 Å². The minimum Gasteiger partial charge on any atom is -0.507 e. The lowest BCUT2D eigenvalue weighted by Gasteiger charge is -2.31. The van der Waals surface area contributed by atoms with Gasteiger partial charge in [0.05, 0.1) is 0 Å². The maximum Gasteiger partial charge on any atom is 0.174 e. The number of carbonyl (C=O) groups excluding carboxylic acids is 1. The zero-order chi connectivity index (χ0) is 21.8. The Hall–Kier alpha value is -2.95. The van der Waals surface area contributed by atoms with Crippen molar-refractivity contribution in [1.29, 1.82) is 0 Å².